The van der Waals surface area contributed by atoms with Crippen molar-refractivity contribution in [2.75, 3.05) is 18.1 Å². The summed E-state index contributed by atoms with van der Waals surface area (Å²) < 4.78 is 5.55. The van der Waals surface area contributed by atoms with E-state index in [1.807, 2.05) is 23.1 Å². The normalized spacial score (nSPS) is 15.6. The molecule has 1 atom stereocenters. The van der Waals surface area contributed by atoms with E-state index in [1.165, 1.54) is 0 Å². The summed E-state index contributed by atoms with van der Waals surface area (Å²) in [7, 11) is 0. The molecule has 0 radical (unpaired) electrons. The summed E-state index contributed by atoms with van der Waals surface area (Å²) >= 11 is 6.01. The summed E-state index contributed by atoms with van der Waals surface area (Å²) in [5.41, 5.74) is 2.10. The molecule has 108 valence electrons. The lowest BCUT2D eigenvalue weighted by molar-refractivity contribution is -0.129. The number of aryl methyl sites for hydroxylation is 1. The minimum atomic E-state index is -0.434. The van der Waals surface area contributed by atoms with Crippen molar-refractivity contribution in [2.45, 2.75) is 32.3 Å². The lowest BCUT2D eigenvalue weighted by atomic mass is 10.0. The molecule has 1 aromatic rings. The lowest BCUT2D eigenvalue weighted by Crippen LogP contribution is -2.42. The number of carbonyl (C=O) groups excluding carboxylic acids is 1. The van der Waals surface area contributed by atoms with E-state index in [-0.39, 0.29) is 5.91 Å². The van der Waals surface area contributed by atoms with Gasteiger partial charge < -0.3 is 9.64 Å². The van der Waals surface area contributed by atoms with E-state index in [1.54, 1.807) is 13.0 Å². The van der Waals surface area contributed by atoms with Crippen molar-refractivity contribution in [1.29, 1.82) is 0 Å². The highest BCUT2D eigenvalue weighted by atomic mass is 35.5. The summed E-state index contributed by atoms with van der Waals surface area (Å²) in [5.74, 6) is 0.0114. The van der Waals surface area contributed by atoms with Gasteiger partial charge in [0, 0.05) is 17.3 Å². The van der Waals surface area contributed by atoms with E-state index in [0.29, 0.717) is 11.6 Å². The van der Waals surface area contributed by atoms with Crippen LogP contribution in [0.2, 0.25) is 5.02 Å². The molecule has 1 heterocycles. The Labute approximate surface area is 125 Å². The topological polar surface area (TPSA) is 29.5 Å². The van der Waals surface area contributed by atoms with Gasteiger partial charge in [-0.05, 0) is 49.9 Å². The molecule has 1 aliphatic rings. The summed E-state index contributed by atoms with van der Waals surface area (Å²) in [6.07, 6.45) is 4.03. The van der Waals surface area contributed by atoms with Crippen LogP contribution in [0.3, 0.4) is 0 Å². The van der Waals surface area contributed by atoms with Crippen LogP contribution in [0, 0.1) is 0 Å². The van der Waals surface area contributed by atoms with E-state index < -0.39 is 6.10 Å². The second-order valence-electron chi connectivity index (χ2n) is 4.96. The largest absolute Gasteiger partial charge is 0.368 e. The number of benzene rings is 1. The van der Waals surface area contributed by atoms with Gasteiger partial charge in [0.2, 0.25) is 0 Å². The van der Waals surface area contributed by atoms with Gasteiger partial charge in [-0.2, -0.15) is 0 Å². The van der Waals surface area contributed by atoms with Gasteiger partial charge in [0.1, 0.15) is 6.10 Å². The number of halogens is 1. The molecule has 20 heavy (non-hydrogen) atoms. The predicted octanol–water partition coefficient (Wildman–Crippen LogP) is 3.60. The molecule has 4 heteroatoms. The zero-order chi connectivity index (χ0) is 14.5. The number of ether oxygens (including phenoxy) is 1. The van der Waals surface area contributed by atoms with E-state index in [2.05, 4.69) is 6.58 Å². The third-order valence-electron chi connectivity index (χ3n) is 3.46. The molecule has 3 nitrogen and oxygen atoms in total. The lowest BCUT2D eigenvalue weighted by Gasteiger charge is -2.31. The molecule has 0 saturated carbocycles. The Morgan fingerprint density at radius 1 is 1.60 bits per heavy atom. The Morgan fingerprint density at radius 2 is 2.40 bits per heavy atom. The van der Waals surface area contributed by atoms with Gasteiger partial charge >= 0.3 is 0 Å². The number of carbonyl (C=O) groups is 1. The first kappa shape index (κ1) is 15.1. The number of hydrogen-bond acceptors (Lipinski definition) is 2. The van der Waals surface area contributed by atoms with Crippen LogP contribution in [-0.4, -0.2) is 25.2 Å². The number of amides is 1. The smallest absolute Gasteiger partial charge is 0.255 e. The maximum absolute atomic E-state index is 12.5. The summed E-state index contributed by atoms with van der Waals surface area (Å²) in [6, 6.07) is 5.69. The Morgan fingerprint density at radius 3 is 3.15 bits per heavy atom. The average Bonchev–Trinajstić information content (AvgIpc) is 2.45. The Kier molecular flexibility index (Phi) is 5.21. The van der Waals surface area contributed by atoms with E-state index in [9.17, 15) is 4.79 Å². The highest BCUT2D eigenvalue weighted by Gasteiger charge is 2.26. The van der Waals surface area contributed by atoms with Crippen LogP contribution in [0.5, 0.6) is 0 Å². The quantitative estimate of drug-likeness (QED) is 0.613. The van der Waals surface area contributed by atoms with Crippen LogP contribution in [0.1, 0.15) is 25.3 Å². The van der Waals surface area contributed by atoms with Gasteiger partial charge in [-0.15, -0.1) is 6.58 Å². The van der Waals surface area contributed by atoms with Crippen LogP contribution in [0.25, 0.3) is 0 Å². The molecule has 2 rings (SSSR count). The first-order chi connectivity index (χ1) is 9.63. The van der Waals surface area contributed by atoms with Crippen molar-refractivity contribution >= 4 is 23.2 Å². The molecule has 0 spiro atoms. The first-order valence-electron chi connectivity index (χ1n) is 6.96. The van der Waals surface area contributed by atoms with Crippen molar-refractivity contribution in [3.63, 3.8) is 0 Å². The molecule has 0 fully saturated rings. The highest BCUT2D eigenvalue weighted by molar-refractivity contribution is 6.30. The monoisotopic (exact) mass is 293 g/mol. The minimum Gasteiger partial charge on any atom is -0.368 e. The SMILES string of the molecule is C=CCCOC(C)C(=O)N1CCCc2cc(Cl)ccc21. The predicted molar refractivity (Wildman–Crippen MR) is 82.4 cm³/mol. The zero-order valence-corrected chi connectivity index (χ0v) is 12.5. The first-order valence-corrected chi connectivity index (χ1v) is 7.33. The van der Waals surface area contributed by atoms with Crippen LogP contribution >= 0.6 is 11.6 Å². The van der Waals surface area contributed by atoms with Gasteiger partial charge in [-0.3, -0.25) is 4.79 Å². The molecule has 0 saturated heterocycles. The summed E-state index contributed by atoms with van der Waals surface area (Å²) in [4.78, 5) is 14.3. The third kappa shape index (κ3) is 3.41. The van der Waals surface area contributed by atoms with E-state index in [0.717, 1.165) is 37.1 Å². The fourth-order valence-corrected chi connectivity index (χ4v) is 2.61. The number of hydrogen-bond donors (Lipinski definition) is 0. The van der Waals surface area contributed by atoms with Crippen molar-refractivity contribution < 1.29 is 9.53 Å². The van der Waals surface area contributed by atoms with E-state index >= 15 is 0 Å². The average molecular weight is 294 g/mol. The molecule has 0 N–H and O–H groups in total. The van der Waals surface area contributed by atoms with E-state index in [4.69, 9.17) is 16.3 Å². The van der Waals surface area contributed by atoms with Crippen molar-refractivity contribution in [3.8, 4) is 0 Å². The maximum atomic E-state index is 12.5. The van der Waals surface area contributed by atoms with Crippen LogP contribution in [0.4, 0.5) is 5.69 Å². The molecule has 1 amide bonds. The van der Waals surface area contributed by atoms with Crippen molar-refractivity contribution in [2.24, 2.45) is 0 Å². The number of nitrogens with zero attached hydrogens (tertiary/aromatic N) is 1. The maximum Gasteiger partial charge on any atom is 0.255 e. The van der Waals surface area contributed by atoms with Gasteiger partial charge in [-0.25, -0.2) is 0 Å². The molecule has 1 aromatic carbocycles. The standard InChI is InChI=1S/C16H20ClNO2/c1-3-4-10-20-12(2)16(19)18-9-5-6-13-11-14(17)7-8-15(13)18/h3,7-8,11-12H,1,4-6,9-10H2,2H3. The molecule has 1 aliphatic heterocycles. The van der Waals surface area contributed by atoms with Gasteiger partial charge in [0.05, 0.1) is 6.61 Å². The van der Waals surface area contributed by atoms with Crippen molar-refractivity contribution in [1.82, 2.24) is 0 Å². The third-order valence-corrected chi connectivity index (χ3v) is 3.70. The highest BCUT2D eigenvalue weighted by Crippen LogP contribution is 2.30. The molecular weight excluding hydrogens is 274 g/mol. The second-order valence-corrected chi connectivity index (χ2v) is 5.39. The molecule has 1 unspecified atom stereocenters. The Bertz CT molecular complexity index is 501. The van der Waals surface area contributed by atoms with Crippen LogP contribution in [0.15, 0.2) is 30.9 Å². The molecular formula is C16H20ClNO2. The minimum absolute atomic E-state index is 0.0114. The van der Waals surface area contributed by atoms with Crippen molar-refractivity contribution in [3.05, 3.63) is 41.4 Å². The Balaban J connectivity index is 2.10. The molecule has 0 bridgehead atoms. The number of rotatable bonds is 5. The Hall–Kier alpha value is -1.32. The molecule has 0 aliphatic carbocycles. The van der Waals surface area contributed by atoms with Gasteiger partial charge in [-0.1, -0.05) is 17.7 Å². The number of anilines is 1. The fraction of sp³-hybridized carbons (Fsp3) is 0.438. The van der Waals surface area contributed by atoms with Gasteiger partial charge in [0.25, 0.3) is 5.91 Å². The fourth-order valence-electron chi connectivity index (χ4n) is 2.41. The summed E-state index contributed by atoms with van der Waals surface area (Å²) in [5, 5.41) is 0.716. The van der Waals surface area contributed by atoms with Gasteiger partial charge in [0.15, 0.2) is 0 Å². The summed E-state index contributed by atoms with van der Waals surface area (Å²) in [6.45, 7) is 6.71. The second kappa shape index (κ2) is 6.91. The van der Waals surface area contributed by atoms with Crippen LogP contribution < -0.4 is 4.90 Å². The molecule has 0 aromatic heterocycles. The van der Waals surface area contributed by atoms with Crippen LogP contribution in [-0.2, 0) is 16.0 Å². The zero-order valence-electron chi connectivity index (χ0n) is 11.8. The number of fused-ring (bicyclic) bond motifs is 1.